The zero-order valence-electron chi connectivity index (χ0n) is 11.1. The van der Waals surface area contributed by atoms with Crippen LogP contribution in [-0.2, 0) is 6.42 Å². The van der Waals surface area contributed by atoms with Crippen LogP contribution in [0.3, 0.4) is 0 Å². The first kappa shape index (κ1) is 13.0. The van der Waals surface area contributed by atoms with Gasteiger partial charge in [0.25, 0.3) is 0 Å². The molecule has 0 N–H and O–H groups in total. The van der Waals surface area contributed by atoms with Crippen molar-refractivity contribution in [3.05, 3.63) is 58.6 Å². The lowest BCUT2D eigenvalue weighted by molar-refractivity contribution is 0.761. The third-order valence-corrected chi connectivity index (χ3v) is 3.97. The summed E-state index contributed by atoms with van der Waals surface area (Å²) in [4.78, 5) is 2.23. The van der Waals surface area contributed by atoms with E-state index in [0.717, 1.165) is 25.1 Å². The van der Waals surface area contributed by atoms with Crippen LogP contribution in [0.5, 0.6) is 0 Å². The predicted molar refractivity (Wildman–Crippen MR) is 82.6 cm³/mol. The van der Waals surface area contributed by atoms with Gasteiger partial charge < -0.3 is 4.90 Å². The maximum absolute atomic E-state index is 9.34. The Morgan fingerprint density at radius 1 is 1.05 bits per heavy atom. The smallest absolute Gasteiger partial charge is 0.101 e. The van der Waals surface area contributed by atoms with Gasteiger partial charge in [0, 0.05) is 17.3 Å². The van der Waals surface area contributed by atoms with Crippen LogP contribution in [0.2, 0.25) is 5.02 Å². The summed E-state index contributed by atoms with van der Waals surface area (Å²) in [6.07, 6.45) is 3.39. The average Bonchev–Trinajstić information content (AvgIpc) is 2.69. The molecule has 3 heteroatoms. The molecule has 0 radical (unpaired) electrons. The van der Waals surface area contributed by atoms with Crippen LogP contribution in [0.1, 0.15) is 24.0 Å². The van der Waals surface area contributed by atoms with Crippen molar-refractivity contribution >= 4 is 23.0 Å². The number of fused-ring (bicyclic) bond motifs is 1. The SMILES string of the molecule is N#Cc1ccc(Cl)cc1N1CCCCc2ccccc21. The standard InChI is InChI=1S/C17H15ClN2/c18-15-9-8-14(12-19)17(11-15)20-10-4-3-6-13-5-1-2-7-16(13)20/h1-2,5,7-9,11H,3-4,6,10H2. The van der Waals surface area contributed by atoms with E-state index in [-0.39, 0.29) is 0 Å². The minimum Gasteiger partial charge on any atom is -0.340 e. The molecule has 100 valence electrons. The zero-order chi connectivity index (χ0) is 13.9. The van der Waals surface area contributed by atoms with E-state index in [0.29, 0.717) is 10.6 Å². The molecule has 0 saturated carbocycles. The van der Waals surface area contributed by atoms with Crippen molar-refractivity contribution in [3.63, 3.8) is 0 Å². The Morgan fingerprint density at radius 2 is 1.90 bits per heavy atom. The zero-order valence-corrected chi connectivity index (χ0v) is 11.9. The van der Waals surface area contributed by atoms with Crippen LogP contribution in [0.25, 0.3) is 0 Å². The molecule has 0 aromatic heterocycles. The number of aryl methyl sites for hydroxylation is 1. The van der Waals surface area contributed by atoms with Crippen LogP contribution in [0.4, 0.5) is 11.4 Å². The van der Waals surface area contributed by atoms with Crippen molar-refractivity contribution in [2.24, 2.45) is 0 Å². The summed E-state index contributed by atoms with van der Waals surface area (Å²) in [5, 5.41) is 10.0. The molecule has 0 amide bonds. The minimum atomic E-state index is 0.667. The van der Waals surface area contributed by atoms with Crippen LogP contribution < -0.4 is 4.90 Å². The first-order valence-electron chi connectivity index (χ1n) is 6.84. The molecule has 1 heterocycles. The van der Waals surface area contributed by atoms with Gasteiger partial charge in [-0.05, 0) is 49.1 Å². The van der Waals surface area contributed by atoms with Crippen molar-refractivity contribution in [1.82, 2.24) is 0 Å². The largest absolute Gasteiger partial charge is 0.340 e. The summed E-state index contributed by atoms with van der Waals surface area (Å²) in [6.45, 7) is 0.923. The second-order valence-corrected chi connectivity index (χ2v) is 5.45. The third-order valence-electron chi connectivity index (χ3n) is 3.73. The number of nitrogens with zero attached hydrogens (tertiary/aromatic N) is 2. The number of para-hydroxylation sites is 1. The molecule has 2 aromatic carbocycles. The fourth-order valence-electron chi connectivity index (χ4n) is 2.76. The van der Waals surface area contributed by atoms with E-state index in [4.69, 9.17) is 11.6 Å². The maximum Gasteiger partial charge on any atom is 0.101 e. The average molecular weight is 283 g/mol. The predicted octanol–water partition coefficient (Wildman–Crippen LogP) is 4.69. The maximum atomic E-state index is 9.34. The van der Waals surface area contributed by atoms with Crippen molar-refractivity contribution in [2.45, 2.75) is 19.3 Å². The molecule has 2 nitrogen and oxygen atoms in total. The van der Waals surface area contributed by atoms with Gasteiger partial charge in [0.1, 0.15) is 6.07 Å². The summed E-state index contributed by atoms with van der Waals surface area (Å²) in [5.41, 5.74) is 4.12. The van der Waals surface area contributed by atoms with Gasteiger partial charge in [0.05, 0.1) is 11.3 Å². The lowest BCUT2D eigenvalue weighted by atomic mass is 10.1. The van der Waals surface area contributed by atoms with Gasteiger partial charge in [-0.1, -0.05) is 29.8 Å². The van der Waals surface area contributed by atoms with E-state index in [1.54, 1.807) is 12.1 Å². The fourth-order valence-corrected chi connectivity index (χ4v) is 2.93. The van der Waals surface area contributed by atoms with Gasteiger partial charge in [-0.15, -0.1) is 0 Å². The first-order chi connectivity index (χ1) is 9.79. The Morgan fingerprint density at radius 3 is 2.75 bits per heavy atom. The van der Waals surface area contributed by atoms with E-state index >= 15 is 0 Å². The van der Waals surface area contributed by atoms with Crippen molar-refractivity contribution in [1.29, 1.82) is 5.26 Å². The number of rotatable bonds is 1. The van der Waals surface area contributed by atoms with Gasteiger partial charge in [0.15, 0.2) is 0 Å². The summed E-state index contributed by atoms with van der Waals surface area (Å²) in [5.74, 6) is 0. The number of anilines is 2. The second-order valence-electron chi connectivity index (χ2n) is 5.01. The summed E-state index contributed by atoms with van der Waals surface area (Å²) < 4.78 is 0. The van der Waals surface area contributed by atoms with Gasteiger partial charge in [-0.2, -0.15) is 5.26 Å². The monoisotopic (exact) mass is 282 g/mol. The highest BCUT2D eigenvalue weighted by molar-refractivity contribution is 6.31. The van der Waals surface area contributed by atoms with Gasteiger partial charge in [-0.25, -0.2) is 0 Å². The first-order valence-corrected chi connectivity index (χ1v) is 7.22. The topological polar surface area (TPSA) is 27.0 Å². The molecule has 20 heavy (non-hydrogen) atoms. The van der Waals surface area contributed by atoms with E-state index in [9.17, 15) is 5.26 Å². The quantitative estimate of drug-likeness (QED) is 0.759. The molecule has 1 aliphatic rings. The highest BCUT2D eigenvalue weighted by atomic mass is 35.5. The number of halogens is 1. The van der Waals surface area contributed by atoms with E-state index in [1.807, 2.05) is 12.1 Å². The number of benzene rings is 2. The van der Waals surface area contributed by atoms with Gasteiger partial charge in [0.2, 0.25) is 0 Å². The molecule has 0 atom stereocenters. The van der Waals surface area contributed by atoms with E-state index in [2.05, 4.69) is 29.2 Å². The minimum absolute atomic E-state index is 0.667. The molecule has 0 fully saturated rings. The normalized spacial score (nSPS) is 14.3. The van der Waals surface area contributed by atoms with Gasteiger partial charge in [-0.3, -0.25) is 0 Å². The Kier molecular flexibility index (Phi) is 3.62. The second kappa shape index (κ2) is 5.56. The van der Waals surface area contributed by atoms with E-state index < -0.39 is 0 Å². The Labute approximate surface area is 124 Å². The van der Waals surface area contributed by atoms with Crippen LogP contribution in [0, 0.1) is 11.3 Å². The van der Waals surface area contributed by atoms with Gasteiger partial charge >= 0.3 is 0 Å². The molecular formula is C17H15ClN2. The van der Waals surface area contributed by atoms with Crippen LogP contribution >= 0.6 is 11.6 Å². The third kappa shape index (κ3) is 2.37. The highest BCUT2D eigenvalue weighted by Gasteiger charge is 2.19. The Bertz CT molecular complexity index is 673. The summed E-state index contributed by atoms with van der Waals surface area (Å²) in [7, 11) is 0. The number of hydrogen-bond acceptors (Lipinski definition) is 2. The molecule has 2 aromatic rings. The molecule has 0 spiro atoms. The highest BCUT2D eigenvalue weighted by Crippen LogP contribution is 2.35. The van der Waals surface area contributed by atoms with Crippen molar-refractivity contribution in [2.75, 3.05) is 11.4 Å². The molecular weight excluding hydrogens is 268 g/mol. The van der Waals surface area contributed by atoms with Crippen LogP contribution in [-0.4, -0.2) is 6.54 Å². The van der Waals surface area contributed by atoms with Crippen molar-refractivity contribution in [3.8, 4) is 6.07 Å². The Balaban J connectivity index is 2.15. The number of hydrogen-bond donors (Lipinski definition) is 0. The summed E-state index contributed by atoms with van der Waals surface area (Å²) >= 11 is 6.12. The van der Waals surface area contributed by atoms with Crippen LogP contribution in [0.15, 0.2) is 42.5 Å². The van der Waals surface area contributed by atoms with E-state index in [1.165, 1.54) is 17.7 Å². The number of nitriles is 1. The lowest BCUT2D eigenvalue weighted by Gasteiger charge is -2.26. The Hall–Kier alpha value is -1.98. The lowest BCUT2D eigenvalue weighted by Crippen LogP contribution is -2.19. The molecule has 0 unspecified atom stereocenters. The molecule has 3 rings (SSSR count). The summed E-state index contributed by atoms with van der Waals surface area (Å²) in [6, 6.07) is 16.2. The molecule has 0 saturated heterocycles. The molecule has 1 aliphatic heterocycles. The fraction of sp³-hybridized carbons (Fsp3) is 0.235. The van der Waals surface area contributed by atoms with Crippen molar-refractivity contribution < 1.29 is 0 Å². The molecule has 0 aliphatic carbocycles. The molecule has 0 bridgehead atoms.